The zero-order valence-electron chi connectivity index (χ0n) is 12.1. The molecule has 0 fully saturated rings. The number of nitrogens with one attached hydrogen (secondary N) is 1. The van der Waals surface area contributed by atoms with Crippen LogP contribution in [0.5, 0.6) is 0 Å². The van der Waals surface area contributed by atoms with Crippen LogP contribution in [0.2, 0.25) is 0 Å². The molecular formula is C15H20N4O. The van der Waals surface area contributed by atoms with Crippen LogP contribution in [0.3, 0.4) is 0 Å². The number of benzene rings is 1. The molecule has 0 aliphatic heterocycles. The average Bonchev–Trinajstić information content (AvgIpc) is 2.84. The van der Waals surface area contributed by atoms with Crippen molar-refractivity contribution in [3.63, 3.8) is 0 Å². The number of rotatable bonds is 5. The fourth-order valence-corrected chi connectivity index (χ4v) is 2.00. The predicted octanol–water partition coefficient (Wildman–Crippen LogP) is 2.52. The van der Waals surface area contributed by atoms with E-state index in [1.807, 2.05) is 38.4 Å². The highest BCUT2D eigenvalue weighted by atomic mass is 16.1. The summed E-state index contributed by atoms with van der Waals surface area (Å²) in [5.74, 6) is 0.415. The Morgan fingerprint density at radius 2 is 2.00 bits per heavy atom. The number of carbonyl (C=O) groups excluding carboxylic acids is 1. The SMILES string of the molecule is CCCN(C)c1ccc(C(=O)Nc2ccn(C)n2)cc1. The first-order valence-electron chi connectivity index (χ1n) is 6.72. The van der Waals surface area contributed by atoms with E-state index in [1.54, 1.807) is 16.9 Å². The van der Waals surface area contributed by atoms with Crippen molar-refractivity contribution in [3.05, 3.63) is 42.1 Å². The molecule has 0 aliphatic rings. The molecule has 0 spiro atoms. The summed E-state index contributed by atoms with van der Waals surface area (Å²) in [6, 6.07) is 9.35. The highest BCUT2D eigenvalue weighted by Crippen LogP contribution is 2.15. The Hall–Kier alpha value is -2.30. The summed E-state index contributed by atoms with van der Waals surface area (Å²) in [5.41, 5.74) is 1.74. The molecule has 106 valence electrons. The van der Waals surface area contributed by atoms with Crippen molar-refractivity contribution in [2.24, 2.45) is 7.05 Å². The van der Waals surface area contributed by atoms with E-state index in [1.165, 1.54) is 0 Å². The van der Waals surface area contributed by atoms with Crippen LogP contribution in [0.4, 0.5) is 11.5 Å². The molecule has 5 nitrogen and oxygen atoms in total. The summed E-state index contributed by atoms with van der Waals surface area (Å²) < 4.78 is 1.65. The van der Waals surface area contributed by atoms with Crippen LogP contribution >= 0.6 is 0 Å². The molecule has 1 amide bonds. The van der Waals surface area contributed by atoms with Crippen LogP contribution in [0.15, 0.2) is 36.5 Å². The first kappa shape index (κ1) is 14.1. The van der Waals surface area contributed by atoms with Crippen LogP contribution < -0.4 is 10.2 Å². The molecule has 1 aromatic carbocycles. The van der Waals surface area contributed by atoms with E-state index in [2.05, 4.69) is 22.2 Å². The zero-order chi connectivity index (χ0) is 14.5. The number of hydrogen-bond donors (Lipinski definition) is 1. The van der Waals surface area contributed by atoms with Crippen molar-refractivity contribution in [1.29, 1.82) is 0 Å². The largest absolute Gasteiger partial charge is 0.375 e. The van der Waals surface area contributed by atoms with Gasteiger partial charge in [0.15, 0.2) is 5.82 Å². The van der Waals surface area contributed by atoms with E-state index in [-0.39, 0.29) is 5.91 Å². The van der Waals surface area contributed by atoms with E-state index in [0.29, 0.717) is 11.4 Å². The Kier molecular flexibility index (Phi) is 4.40. The molecule has 2 rings (SSSR count). The van der Waals surface area contributed by atoms with Crippen LogP contribution in [0.25, 0.3) is 0 Å². The summed E-state index contributed by atoms with van der Waals surface area (Å²) in [4.78, 5) is 14.2. The normalized spacial score (nSPS) is 10.3. The maximum Gasteiger partial charge on any atom is 0.256 e. The molecule has 20 heavy (non-hydrogen) atoms. The Balaban J connectivity index is 2.04. The van der Waals surface area contributed by atoms with Crippen molar-refractivity contribution in [2.75, 3.05) is 23.8 Å². The van der Waals surface area contributed by atoms with E-state index in [4.69, 9.17) is 0 Å². The number of aromatic nitrogens is 2. The highest BCUT2D eigenvalue weighted by Gasteiger charge is 2.08. The van der Waals surface area contributed by atoms with Gasteiger partial charge in [-0.3, -0.25) is 9.48 Å². The van der Waals surface area contributed by atoms with Gasteiger partial charge in [0.2, 0.25) is 0 Å². The number of amides is 1. The molecular weight excluding hydrogens is 252 g/mol. The zero-order valence-corrected chi connectivity index (χ0v) is 12.1. The second-order valence-electron chi connectivity index (χ2n) is 4.80. The smallest absolute Gasteiger partial charge is 0.256 e. The van der Waals surface area contributed by atoms with E-state index in [9.17, 15) is 4.79 Å². The molecule has 0 unspecified atom stereocenters. The Bertz CT molecular complexity index is 574. The summed E-state index contributed by atoms with van der Waals surface area (Å²) in [5, 5.41) is 6.89. The van der Waals surface area contributed by atoms with Crippen molar-refractivity contribution < 1.29 is 4.79 Å². The van der Waals surface area contributed by atoms with Gasteiger partial charge < -0.3 is 10.2 Å². The lowest BCUT2D eigenvalue weighted by Gasteiger charge is -2.18. The number of carbonyl (C=O) groups is 1. The molecule has 0 atom stereocenters. The van der Waals surface area contributed by atoms with Gasteiger partial charge in [0.1, 0.15) is 0 Å². The minimum absolute atomic E-state index is 0.145. The van der Waals surface area contributed by atoms with Crippen LogP contribution in [0.1, 0.15) is 23.7 Å². The predicted molar refractivity (Wildman–Crippen MR) is 81.2 cm³/mol. The summed E-state index contributed by atoms with van der Waals surface area (Å²) in [6.45, 7) is 3.14. The van der Waals surface area contributed by atoms with Crippen LogP contribution in [0, 0.1) is 0 Å². The molecule has 5 heteroatoms. The fraction of sp³-hybridized carbons (Fsp3) is 0.333. The Labute approximate surface area is 119 Å². The molecule has 1 heterocycles. The number of nitrogens with zero attached hydrogens (tertiary/aromatic N) is 3. The van der Waals surface area contributed by atoms with Gasteiger partial charge in [0.25, 0.3) is 5.91 Å². The van der Waals surface area contributed by atoms with Gasteiger partial charge in [-0.15, -0.1) is 0 Å². The third-order valence-electron chi connectivity index (χ3n) is 3.08. The average molecular weight is 272 g/mol. The minimum atomic E-state index is -0.145. The maximum absolute atomic E-state index is 12.1. The van der Waals surface area contributed by atoms with E-state index in [0.717, 1.165) is 18.7 Å². The summed E-state index contributed by atoms with van der Waals surface area (Å²) in [6.07, 6.45) is 2.89. The summed E-state index contributed by atoms with van der Waals surface area (Å²) >= 11 is 0. The van der Waals surface area contributed by atoms with Crippen molar-refractivity contribution in [1.82, 2.24) is 9.78 Å². The van der Waals surface area contributed by atoms with Gasteiger partial charge >= 0.3 is 0 Å². The number of aryl methyl sites for hydroxylation is 1. The van der Waals surface area contributed by atoms with Gasteiger partial charge in [0.05, 0.1) is 0 Å². The maximum atomic E-state index is 12.1. The quantitative estimate of drug-likeness (QED) is 0.910. The molecule has 0 saturated heterocycles. The third kappa shape index (κ3) is 3.38. The Morgan fingerprint density at radius 1 is 1.30 bits per heavy atom. The van der Waals surface area contributed by atoms with Gasteiger partial charge in [-0.1, -0.05) is 6.92 Å². The minimum Gasteiger partial charge on any atom is -0.375 e. The first-order chi connectivity index (χ1) is 9.60. The lowest BCUT2D eigenvalue weighted by atomic mass is 10.2. The van der Waals surface area contributed by atoms with Gasteiger partial charge in [-0.05, 0) is 30.7 Å². The standard InChI is InChI=1S/C15H20N4O/c1-4-10-18(2)13-7-5-12(6-8-13)15(20)16-14-9-11-19(3)17-14/h5-9,11H,4,10H2,1-3H3,(H,16,17,20). The second-order valence-corrected chi connectivity index (χ2v) is 4.80. The first-order valence-corrected chi connectivity index (χ1v) is 6.72. The second kappa shape index (κ2) is 6.23. The van der Waals surface area contributed by atoms with E-state index >= 15 is 0 Å². The Morgan fingerprint density at radius 3 is 2.55 bits per heavy atom. The van der Waals surface area contributed by atoms with Crippen molar-refractivity contribution >= 4 is 17.4 Å². The fourth-order valence-electron chi connectivity index (χ4n) is 2.00. The van der Waals surface area contributed by atoms with Crippen molar-refractivity contribution in [2.45, 2.75) is 13.3 Å². The monoisotopic (exact) mass is 272 g/mol. The molecule has 1 aromatic heterocycles. The highest BCUT2D eigenvalue weighted by molar-refractivity contribution is 6.03. The van der Waals surface area contributed by atoms with E-state index < -0.39 is 0 Å². The third-order valence-corrected chi connectivity index (χ3v) is 3.08. The van der Waals surface area contributed by atoms with Gasteiger partial charge in [-0.2, -0.15) is 5.10 Å². The topological polar surface area (TPSA) is 50.2 Å². The lowest BCUT2D eigenvalue weighted by molar-refractivity contribution is 0.102. The van der Waals surface area contributed by atoms with Crippen LogP contribution in [-0.4, -0.2) is 29.3 Å². The van der Waals surface area contributed by atoms with Crippen molar-refractivity contribution in [3.8, 4) is 0 Å². The summed E-state index contributed by atoms with van der Waals surface area (Å²) in [7, 11) is 3.86. The molecule has 2 aromatic rings. The van der Waals surface area contributed by atoms with Gasteiger partial charge in [0, 0.05) is 44.2 Å². The molecule has 0 radical (unpaired) electrons. The molecule has 0 bridgehead atoms. The number of hydrogen-bond acceptors (Lipinski definition) is 3. The lowest BCUT2D eigenvalue weighted by Crippen LogP contribution is -2.18. The molecule has 0 saturated carbocycles. The molecule has 1 N–H and O–H groups in total. The van der Waals surface area contributed by atoms with Gasteiger partial charge in [-0.25, -0.2) is 0 Å². The van der Waals surface area contributed by atoms with Crippen LogP contribution in [-0.2, 0) is 7.05 Å². The molecule has 0 aliphatic carbocycles. The number of anilines is 2.